The van der Waals surface area contributed by atoms with Crippen molar-refractivity contribution in [3.05, 3.63) is 0 Å². The van der Waals surface area contributed by atoms with Crippen molar-refractivity contribution in [2.45, 2.75) is 30.8 Å². The van der Waals surface area contributed by atoms with Gasteiger partial charge >= 0.3 is 5.97 Å². The third-order valence-electron chi connectivity index (χ3n) is 3.59. The number of nitrogens with zero attached hydrogens (tertiary/aromatic N) is 1. The van der Waals surface area contributed by atoms with Gasteiger partial charge in [-0.25, -0.2) is 0 Å². The summed E-state index contributed by atoms with van der Waals surface area (Å²) in [4.78, 5) is 13.0. The van der Waals surface area contributed by atoms with Crippen molar-refractivity contribution >= 4 is 5.97 Å². The summed E-state index contributed by atoms with van der Waals surface area (Å²) in [5.41, 5.74) is -0.240. The topological polar surface area (TPSA) is 72.8 Å². The van der Waals surface area contributed by atoms with Crippen LogP contribution in [0.15, 0.2) is 0 Å². The summed E-state index contributed by atoms with van der Waals surface area (Å²) in [5, 5.41) is 21.3. The molecule has 2 saturated heterocycles. The summed E-state index contributed by atoms with van der Waals surface area (Å²) >= 11 is 0. The average molecular weight is 214 g/mol. The minimum absolute atomic E-state index is 0.140. The lowest BCUT2D eigenvalue weighted by molar-refractivity contribution is -0.142. The highest BCUT2D eigenvalue weighted by Crippen LogP contribution is 2.32. The van der Waals surface area contributed by atoms with Gasteiger partial charge < -0.3 is 15.5 Å². The van der Waals surface area contributed by atoms with E-state index in [4.69, 9.17) is 5.11 Å². The zero-order chi connectivity index (χ0) is 10.9. The molecular weight excluding hydrogens is 196 g/mol. The summed E-state index contributed by atoms with van der Waals surface area (Å²) in [6, 6.07) is 0.159. The van der Waals surface area contributed by atoms with Gasteiger partial charge in [0.25, 0.3) is 0 Å². The third kappa shape index (κ3) is 1.87. The van der Waals surface area contributed by atoms with Crippen molar-refractivity contribution in [3.63, 3.8) is 0 Å². The molecule has 1 unspecified atom stereocenters. The summed E-state index contributed by atoms with van der Waals surface area (Å²) in [6.07, 6.45) is 2.22. The lowest BCUT2D eigenvalue weighted by Gasteiger charge is -2.50. The molecule has 15 heavy (non-hydrogen) atoms. The molecule has 2 fully saturated rings. The van der Waals surface area contributed by atoms with Crippen molar-refractivity contribution in [1.82, 2.24) is 10.2 Å². The minimum atomic E-state index is -0.750. The van der Waals surface area contributed by atoms with Crippen LogP contribution in [0.25, 0.3) is 0 Å². The number of carbonyl (C=O) groups is 1. The van der Waals surface area contributed by atoms with Crippen molar-refractivity contribution < 1.29 is 15.0 Å². The number of aliphatic hydroxyl groups is 1. The van der Waals surface area contributed by atoms with Gasteiger partial charge in [-0.2, -0.15) is 0 Å². The minimum Gasteiger partial charge on any atom is -0.481 e. The van der Waals surface area contributed by atoms with Gasteiger partial charge in [0.2, 0.25) is 0 Å². The molecular formula is C10H18N2O3. The van der Waals surface area contributed by atoms with Gasteiger partial charge in [-0.05, 0) is 19.4 Å². The third-order valence-corrected chi connectivity index (χ3v) is 3.59. The van der Waals surface area contributed by atoms with Crippen molar-refractivity contribution in [1.29, 1.82) is 0 Å². The van der Waals surface area contributed by atoms with E-state index < -0.39 is 5.97 Å². The molecule has 0 saturated carbocycles. The van der Waals surface area contributed by atoms with E-state index in [1.807, 2.05) is 0 Å². The predicted molar refractivity (Wildman–Crippen MR) is 54.7 cm³/mol. The number of aliphatic carboxylic acids is 1. The predicted octanol–water partition coefficient (Wildman–Crippen LogP) is -0.740. The van der Waals surface area contributed by atoms with Crippen molar-refractivity contribution in [3.8, 4) is 0 Å². The van der Waals surface area contributed by atoms with Gasteiger partial charge in [-0.1, -0.05) is 0 Å². The fourth-order valence-corrected chi connectivity index (χ4v) is 2.77. The highest BCUT2D eigenvalue weighted by molar-refractivity contribution is 5.69. The molecule has 1 atom stereocenters. The lowest BCUT2D eigenvalue weighted by Crippen LogP contribution is -2.70. The number of likely N-dealkylation sites (tertiary alicyclic amines) is 1. The van der Waals surface area contributed by atoms with Crippen molar-refractivity contribution in [2.24, 2.45) is 0 Å². The first kappa shape index (κ1) is 10.9. The van der Waals surface area contributed by atoms with E-state index in [1.54, 1.807) is 0 Å². The molecule has 2 heterocycles. The van der Waals surface area contributed by atoms with Crippen LogP contribution in [0.4, 0.5) is 0 Å². The van der Waals surface area contributed by atoms with Crippen LogP contribution in [-0.4, -0.2) is 58.9 Å². The molecule has 3 N–H and O–H groups in total. The molecule has 0 aromatic rings. The Hall–Kier alpha value is -0.650. The van der Waals surface area contributed by atoms with Crippen LogP contribution in [0.2, 0.25) is 0 Å². The summed E-state index contributed by atoms with van der Waals surface area (Å²) in [5.74, 6) is -0.750. The second-order valence-electron chi connectivity index (χ2n) is 4.57. The van der Waals surface area contributed by atoms with Crippen LogP contribution in [0.1, 0.15) is 19.3 Å². The SMILES string of the molecule is O=C(O)CC1(N2CCCC2CO)CNC1. The van der Waals surface area contributed by atoms with Crippen molar-refractivity contribution in [2.75, 3.05) is 26.2 Å². The molecule has 5 heteroatoms. The number of nitrogens with one attached hydrogen (secondary N) is 1. The first-order valence-electron chi connectivity index (χ1n) is 5.48. The number of aliphatic hydroxyl groups excluding tert-OH is 1. The first-order valence-corrected chi connectivity index (χ1v) is 5.48. The van der Waals surface area contributed by atoms with E-state index >= 15 is 0 Å². The number of carboxylic acids is 1. The molecule has 2 aliphatic heterocycles. The maximum Gasteiger partial charge on any atom is 0.305 e. The summed E-state index contributed by atoms with van der Waals surface area (Å²) in [6.45, 7) is 2.52. The van der Waals surface area contributed by atoms with Gasteiger partial charge in [0.1, 0.15) is 0 Å². The Morgan fingerprint density at radius 3 is 2.73 bits per heavy atom. The van der Waals surface area contributed by atoms with E-state index in [0.717, 1.165) is 32.5 Å². The molecule has 2 rings (SSSR count). The fourth-order valence-electron chi connectivity index (χ4n) is 2.77. The molecule has 0 amide bonds. The normalized spacial score (nSPS) is 30.1. The second kappa shape index (κ2) is 4.08. The Morgan fingerprint density at radius 2 is 2.27 bits per heavy atom. The smallest absolute Gasteiger partial charge is 0.305 e. The maximum absolute atomic E-state index is 10.8. The monoisotopic (exact) mass is 214 g/mol. The molecule has 0 aromatic heterocycles. The Morgan fingerprint density at radius 1 is 1.53 bits per heavy atom. The van der Waals surface area contributed by atoms with E-state index in [-0.39, 0.29) is 24.6 Å². The van der Waals surface area contributed by atoms with E-state index in [2.05, 4.69) is 10.2 Å². The van der Waals surface area contributed by atoms with E-state index in [9.17, 15) is 9.90 Å². The van der Waals surface area contributed by atoms with Crippen LogP contribution in [-0.2, 0) is 4.79 Å². The van der Waals surface area contributed by atoms with Crippen LogP contribution in [0.5, 0.6) is 0 Å². The number of rotatable bonds is 4. The van der Waals surface area contributed by atoms with Gasteiger partial charge in [0.15, 0.2) is 0 Å². The number of carboxylic acid groups (broad SMARTS) is 1. The Bertz CT molecular complexity index is 253. The Balaban J connectivity index is 2.07. The summed E-state index contributed by atoms with van der Waals surface area (Å²) < 4.78 is 0. The number of hydrogen-bond acceptors (Lipinski definition) is 4. The highest BCUT2D eigenvalue weighted by atomic mass is 16.4. The molecule has 86 valence electrons. The van der Waals surface area contributed by atoms with Crippen LogP contribution < -0.4 is 5.32 Å². The van der Waals surface area contributed by atoms with Crippen LogP contribution in [0.3, 0.4) is 0 Å². The summed E-state index contributed by atoms with van der Waals surface area (Å²) in [7, 11) is 0. The molecule has 5 nitrogen and oxygen atoms in total. The molecule has 0 radical (unpaired) electrons. The van der Waals surface area contributed by atoms with Gasteiger partial charge in [-0.3, -0.25) is 9.69 Å². The zero-order valence-electron chi connectivity index (χ0n) is 8.78. The average Bonchev–Trinajstić information content (AvgIpc) is 2.58. The largest absolute Gasteiger partial charge is 0.481 e. The molecule has 0 aromatic carbocycles. The molecule has 0 bridgehead atoms. The Kier molecular flexibility index (Phi) is 2.95. The van der Waals surface area contributed by atoms with Gasteiger partial charge in [0, 0.05) is 19.1 Å². The van der Waals surface area contributed by atoms with Crippen LogP contribution >= 0.6 is 0 Å². The van der Waals surface area contributed by atoms with Gasteiger partial charge in [0.05, 0.1) is 18.6 Å². The molecule has 2 aliphatic rings. The van der Waals surface area contributed by atoms with Crippen LogP contribution in [0, 0.1) is 0 Å². The Labute approximate surface area is 89.1 Å². The number of hydrogen-bond donors (Lipinski definition) is 3. The van der Waals surface area contributed by atoms with E-state index in [1.165, 1.54) is 0 Å². The standard InChI is InChI=1S/C10H18N2O3/c13-5-8-2-1-3-12(8)10(4-9(14)15)6-11-7-10/h8,11,13H,1-7H2,(H,14,15). The van der Waals surface area contributed by atoms with Gasteiger partial charge in [-0.15, -0.1) is 0 Å². The quantitative estimate of drug-likeness (QED) is 0.575. The lowest BCUT2D eigenvalue weighted by atomic mass is 9.86. The maximum atomic E-state index is 10.8. The molecule has 0 aliphatic carbocycles. The second-order valence-corrected chi connectivity index (χ2v) is 4.57. The first-order chi connectivity index (χ1) is 7.18. The molecule has 0 spiro atoms. The fraction of sp³-hybridized carbons (Fsp3) is 0.900. The van der Waals surface area contributed by atoms with E-state index in [0.29, 0.717) is 0 Å². The zero-order valence-corrected chi connectivity index (χ0v) is 8.78. The highest BCUT2D eigenvalue weighted by Gasteiger charge is 2.48.